The first-order chi connectivity index (χ1) is 15.1. The maximum atomic E-state index is 12.5. The Balaban J connectivity index is 1.21. The summed E-state index contributed by atoms with van der Waals surface area (Å²) in [6, 6.07) is 19.6. The quantitative estimate of drug-likeness (QED) is 0.541. The highest BCUT2D eigenvalue weighted by Crippen LogP contribution is 2.19. The van der Waals surface area contributed by atoms with Crippen LogP contribution in [-0.2, 0) is 29.5 Å². The van der Waals surface area contributed by atoms with E-state index in [0.29, 0.717) is 12.3 Å². The number of fused-ring (bicyclic) bond motifs is 1. The Morgan fingerprint density at radius 1 is 1.10 bits per heavy atom. The van der Waals surface area contributed by atoms with E-state index in [1.54, 1.807) is 12.1 Å². The number of carbonyl (C=O) groups excluding carboxylic acids is 1. The van der Waals surface area contributed by atoms with Crippen LogP contribution in [0, 0.1) is 6.92 Å². The number of furan rings is 1. The molecule has 1 atom stereocenters. The van der Waals surface area contributed by atoms with Gasteiger partial charge in [-0.05, 0) is 60.7 Å². The summed E-state index contributed by atoms with van der Waals surface area (Å²) in [5.74, 6) is 0.851. The van der Waals surface area contributed by atoms with Crippen LogP contribution in [-0.4, -0.2) is 34.7 Å². The molecule has 0 aliphatic carbocycles. The third-order valence-electron chi connectivity index (χ3n) is 5.56. The monoisotopic (exact) mass is 436 g/mol. The number of nitrogens with one attached hydrogen (secondary N) is 1. The van der Waals surface area contributed by atoms with Crippen molar-refractivity contribution >= 4 is 16.7 Å². The molecule has 162 valence electrons. The van der Waals surface area contributed by atoms with Gasteiger partial charge in [0.05, 0.1) is 16.6 Å². The van der Waals surface area contributed by atoms with Crippen molar-refractivity contribution in [3.8, 4) is 0 Å². The van der Waals surface area contributed by atoms with Gasteiger partial charge in [-0.15, -0.1) is 0 Å². The summed E-state index contributed by atoms with van der Waals surface area (Å²) in [6.45, 7) is 5.56. The maximum absolute atomic E-state index is 12.5. The molecule has 2 heterocycles. The third kappa shape index (κ3) is 5.71. The van der Waals surface area contributed by atoms with Gasteiger partial charge in [-0.1, -0.05) is 36.4 Å². The predicted octanol–water partition coefficient (Wildman–Crippen LogP) is 4.07. The molecule has 3 aromatic rings. The smallest absolute Gasteiger partial charge is 0.286 e. The summed E-state index contributed by atoms with van der Waals surface area (Å²) >= 11 is 0. The van der Waals surface area contributed by atoms with Crippen molar-refractivity contribution < 1.29 is 13.4 Å². The van der Waals surface area contributed by atoms with Crippen molar-refractivity contribution in [1.82, 2.24) is 10.2 Å². The molecule has 0 spiro atoms. The van der Waals surface area contributed by atoms with Crippen LogP contribution < -0.4 is 5.32 Å². The molecule has 0 bridgehead atoms. The van der Waals surface area contributed by atoms with Crippen LogP contribution in [0.2, 0.25) is 0 Å². The third-order valence-corrected chi connectivity index (χ3v) is 6.88. The van der Waals surface area contributed by atoms with Crippen molar-refractivity contribution in [2.75, 3.05) is 19.6 Å². The number of hydrogen-bond donors (Lipinski definition) is 1. The number of aryl methyl sites for hydroxylation is 1. The fraction of sp³-hybridized carbons (Fsp3) is 0.320. The summed E-state index contributed by atoms with van der Waals surface area (Å²) in [4.78, 5) is 15.6. The molecule has 5 nitrogen and oxygen atoms in total. The highest BCUT2D eigenvalue weighted by molar-refractivity contribution is 7.84. The van der Waals surface area contributed by atoms with Crippen LogP contribution in [0.25, 0.3) is 0 Å². The Labute approximate surface area is 185 Å². The van der Waals surface area contributed by atoms with E-state index in [0.717, 1.165) is 42.9 Å². The minimum Gasteiger partial charge on any atom is -0.455 e. The predicted molar refractivity (Wildman–Crippen MR) is 122 cm³/mol. The van der Waals surface area contributed by atoms with Crippen molar-refractivity contribution in [1.29, 1.82) is 0 Å². The van der Waals surface area contributed by atoms with E-state index in [1.165, 1.54) is 11.1 Å². The van der Waals surface area contributed by atoms with Crippen LogP contribution >= 0.6 is 0 Å². The second-order valence-corrected chi connectivity index (χ2v) is 9.43. The van der Waals surface area contributed by atoms with E-state index in [9.17, 15) is 9.00 Å². The van der Waals surface area contributed by atoms with E-state index < -0.39 is 10.8 Å². The van der Waals surface area contributed by atoms with E-state index in [2.05, 4.69) is 34.5 Å². The number of benzene rings is 2. The molecule has 31 heavy (non-hydrogen) atoms. The van der Waals surface area contributed by atoms with Gasteiger partial charge in [-0.2, -0.15) is 0 Å². The van der Waals surface area contributed by atoms with Gasteiger partial charge >= 0.3 is 0 Å². The standard InChI is InChI=1S/C25H28N2O3S/c1-19-6-4-9-23(16-19)31(29)18-22-10-11-24(30-22)25(28)26-13-5-14-27-15-12-20-7-2-3-8-21(20)17-27/h2-4,6-11,16H,5,12-15,17-18H2,1H3,(H,26,28)/t31-/m0/s1. The first-order valence-corrected chi connectivity index (χ1v) is 12.0. The van der Waals surface area contributed by atoms with E-state index in [1.807, 2.05) is 31.2 Å². The van der Waals surface area contributed by atoms with Gasteiger partial charge in [0.1, 0.15) is 5.76 Å². The Kier molecular flexibility index (Phi) is 6.99. The summed E-state index contributed by atoms with van der Waals surface area (Å²) < 4.78 is 18.2. The van der Waals surface area contributed by atoms with Crippen LogP contribution in [0.1, 0.15) is 39.4 Å². The molecule has 0 radical (unpaired) electrons. The van der Waals surface area contributed by atoms with Gasteiger partial charge in [-0.25, -0.2) is 0 Å². The second kappa shape index (κ2) is 10.1. The summed E-state index contributed by atoms with van der Waals surface area (Å²) in [7, 11) is -1.20. The minimum absolute atomic E-state index is 0.225. The van der Waals surface area contributed by atoms with Crippen molar-refractivity contribution in [2.45, 2.75) is 37.0 Å². The number of amides is 1. The van der Waals surface area contributed by atoms with E-state index in [-0.39, 0.29) is 17.4 Å². The molecule has 1 aromatic heterocycles. The molecular weight excluding hydrogens is 408 g/mol. The van der Waals surface area contributed by atoms with E-state index in [4.69, 9.17) is 4.42 Å². The molecule has 0 unspecified atom stereocenters. The number of hydrogen-bond acceptors (Lipinski definition) is 4. The highest BCUT2D eigenvalue weighted by Gasteiger charge is 2.16. The van der Waals surface area contributed by atoms with E-state index >= 15 is 0 Å². The lowest BCUT2D eigenvalue weighted by atomic mass is 10.00. The second-order valence-electron chi connectivity index (χ2n) is 7.98. The minimum atomic E-state index is -1.20. The van der Waals surface area contributed by atoms with Gasteiger partial charge in [-0.3, -0.25) is 13.9 Å². The molecule has 2 aromatic carbocycles. The average molecular weight is 437 g/mol. The molecule has 4 rings (SSSR count). The van der Waals surface area contributed by atoms with Crippen LogP contribution in [0.15, 0.2) is 70.0 Å². The fourth-order valence-corrected chi connectivity index (χ4v) is 5.01. The molecule has 6 heteroatoms. The Morgan fingerprint density at radius 3 is 2.77 bits per heavy atom. The molecule has 1 aliphatic rings. The molecule has 0 saturated heterocycles. The van der Waals surface area contributed by atoms with Gasteiger partial charge in [0.15, 0.2) is 5.76 Å². The Morgan fingerprint density at radius 2 is 1.94 bits per heavy atom. The molecule has 0 fully saturated rings. The zero-order valence-corrected chi connectivity index (χ0v) is 18.6. The zero-order valence-electron chi connectivity index (χ0n) is 17.8. The van der Waals surface area contributed by atoms with Crippen molar-refractivity contribution in [2.24, 2.45) is 0 Å². The topological polar surface area (TPSA) is 62.6 Å². The lowest BCUT2D eigenvalue weighted by molar-refractivity contribution is 0.0922. The zero-order chi connectivity index (χ0) is 21.6. The summed E-state index contributed by atoms with van der Waals surface area (Å²) in [5.41, 5.74) is 3.92. The Hall–Kier alpha value is -2.70. The Bertz CT molecular complexity index is 1080. The van der Waals surface area contributed by atoms with Gasteiger partial charge in [0.2, 0.25) is 0 Å². The van der Waals surface area contributed by atoms with Crippen LogP contribution in [0.4, 0.5) is 0 Å². The lowest BCUT2D eigenvalue weighted by Gasteiger charge is -2.28. The lowest BCUT2D eigenvalue weighted by Crippen LogP contribution is -2.33. The van der Waals surface area contributed by atoms with Gasteiger partial charge < -0.3 is 9.73 Å². The van der Waals surface area contributed by atoms with Crippen LogP contribution in [0.5, 0.6) is 0 Å². The number of carbonyl (C=O) groups is 1. The molecular formula is C25H28N2O3S. The van der Waals surface area contributed by atoms with Crippen molar-refractivity contribution in [3.63, 3.8) is 0 Å². The number of nitrogens with zero attached hydrogens (tertiary/aromatic N) is 1. The van der Waals surface area contributed by atoms with Crippen LogP contribution in [0.3, 0.4) is 0 Å². The SMILES string of the molecule is Cc1cccc([S@@](=O)Cc2ccc(C(=O)NCCCN3CCc4ccccc4C3)o2)c1. The first kappa shape index (κ1) is 21.5. The van der Waals surface area contributed by atoms with Gasteiger partial charge in [0, 0.05) is 31.1 Å². The highest BCUT2D eigenvalue weighted by atomic mass is 32.2. The maximum Gasteiger partial charge on any atom is 0.286 e. The van der Waals surface area contributed by atoms with Crippen molar-refractivity contribution in [3.05, 3.63) is 88.9 Å². The number of rotatable bonds is 8. The summed E-state index contributed by atoms with van der Waals surface area (Å²) in [5, 5.41) is 2.93. The average Bonchev–Trinajstić information content (AvgIpc) is 3.25. The van der Waals surface area contributed by atoms with Gasteiger partial charge in [0.25, 0.3) is 5.91 Å². The normalized spacial score (nSPS) is 14.7. The molecule has 1 N–H and O–H groups in total. The molecule has 1 amide bonds. The molecule has 0 saturated carbocycles. The molecule has 1 aliphatic heterocycles. The largest absolute Gasteiger partial charge is 0.455 e. The summed E-state index contributed by atoms with van der Waals surface area (Å²) in [6.07, 6.45) is 1.97. The fourth-order valence-electron chi connectivity index (χ4n) is 3.88. The first-order valence-electron chi connectivity index (χ1n) is 10.7.